The standard InChI is InChI=1S/C12H20N2O4/c1-11(2)7-8(15)14(9(11)16)6-5-12(3,13-4)10(17)18/h13H,5-7H2,1-4H3,(H,17,18). The lowest BCUT2D eigenvalue weighted by molar-refractivity contribution is -0.147. The first kappa shape index (κ1) is 14.6. The molecule has 1 atom stereocenters. The highest BCUT2D eigenvalue weighted by Crippen LogP contribution is 2.32. The van der Waals surface area contributed by atoms with Gasteiger partial charge in [0, 0.05) is 13.0 Å². The third kappa shape index (κ3) is 2.53. The highest BCUT2D eigenvalue weighted by atomic mass is 16.4. The van der Waals surface area contributed by atoms with Gasteiger partial charge >= 0.3 is 5.97 Å². The van der Waals surface area contributed by atoms with Crippen LogP contribution in [0.2, 0.25) is 0 Å². The number of amides is 2. The topological polar surface area (TPSA) is 86.7 Å². The largest absolute Gasteiger partial charge is 0.480 e. The van der Waals surface area contributed by atoms with Crippen molar-refractivity contribution in [3.05, 3.63) is 0 Å². The highest BCUT2D eigenvalue weighted by Gasteiger charge is 2.45. The Morgan fingerprint density at radius 1 is 1.50 bits per heavy atom. The van der Waals surface area contributed by atoms with E-state index >= 15 is 0 Å². The summed E-state index contributed by atoms with van der Waals surface area (Å²) >= 11 is 0. The number of imide groups is 1. The molecule has 0 saturated carbocycles. The predicted octanol–water partition coefficient (Wildman–Crippen LogP) is 0.224. The molecule has 0 aliphatic carbocycles. The zero-order chi connectivity index (χ0) is 14.1. The van der Waals surface area contributed by atoms with Crippen LogP contribution in [-0.4, -0.2) is 46.9 Å². The molecule has 1 aliphatic rings. The molecule has 0 bridgehead atoms. The first-order valence-electron chi connectivity index (χ1n) is 5.91. The maximum atomic E-state index is 11.9. The number of aliphatic carboxylic acids is 1. The van der Waals surface area contributed by atoms with Crippen LogP contribution in [0, 0.1) is 5.41 Å². The average Bonchev–Trinajstić information content (AvgIpc) is 2.45. The van der Waals surface area contributed by atoms with E-state index in [0.29, 0.717) is 0 Å². The van der Waals surface area contributed by atoms with Crippen LogP contribution in [0.1, 0.15) is 33.6 Å². The van der Waals surface area contributed by atoms with Crippen LogP contribution >= 0.6 is 0 Å². The van der Waals surface area contributed by atoms with Crippen molar-refractivity contribution in [1.82, 2.24) is 10.2 Å². The molecule has 0 aromatic carbocycles. The summed E-state index contributed by atoms with van der Waals surface area (Å²) in [5.74, 6) is -1.45. The van der Waals surface area contributed by atoms with Gasteiger partial charge in [-0.2, -0.15) is 0 Å². The summed E-state index contributed by atoms with van der Waals surface area (Å²) in [5.41, 5.74) is -1.80. The van der Waals surface area contributed by atoms with E-state index in [0.717, 1.165) is 0 Å². The number of nitrogens with zero attached hydrogens (tertiary/aromatic N) is 1. The van der Waals surface area contributed by atoms with Gasteiger partial charge < -0.3 is 10.4 Å². The van der Waals surface area contributed by atoms with Crippen LogP contribution in [0.5, 0.6) is 0 Å². The molecule has 1 saturated heterocycles. The first-order chi connectivity index (χ1) is 8.14. The predicted molar refractivity (Wildman–Crippen MR) is 64.8 cm³/mol. The lowest BCUT2D eigenvalue weighted by Crippen LogP contribution is -2.50. The van der Waals surface area contributed by atoms with E-state index in [1.165, 1.54) is 11.8 Å². The van der Waals surface area contributed by atoms with Crippen molar-refractivity contribution in [2.75, 3.05) is 13.6 Å². The quantitative estimate of drug-likeness (QED) is 0.687. The number of rotatable bonds is 5. The lowest BCUT2D eigenvalue weighted by Gasteiger charge is -2.26. The Morgan fingerprint density at radius 3 is 2.39 bits per heavy atom. The van der Waals surface area contributed by atoms with Gasteiger partial charge in [-0.3, -0.25) is 19.3 Å². The van der Waals surface area contributed by atoms with Gasteiger partial charge in [-0.1, -0.05) is 13.8 Å². The molecule has 6 nitrogen and oxygen atoms in total. The number of carbonyl (C=O) groups excluding carboxylic acids is 2. The van der Waals surface area contributed by atoms with E-state index in [1.54, 1.807) is 20.9 Å². The number of likely N-dealkylation sites (tertiary alicyclic amines) is 1. The summed E-state index contributed by atoms with van der Waals surface area (Å²) in [6, 6.07) is 0. The van der Waals surface area contributed by atoms with Gasteiger partial charge in [0.25, 0.3) is 0 Å². The monoisotopic (exact) mass is 256 g/mol. The number of nitrogens with one attached hydrogen (secondary N) is 1. The van der Waals surface area contributed by atoms with Crippen molar-refractivity contribution in [2.24, 2.45) is 5.41 Å². The molecule has 1 heterocycles. The van der Waals surface area contributed by atoms with Crippen LogP contribution < -0.4 is 5.32 Å². The van der Waals surface area contributed by atoms with Crippen LogP contribution in [-0.2, 0) is 14.4 Å². The molecule has 1 aliphatic heterocycles. The van der Waals surface area contributed by atoms with Crippen molar-refractivity contribution < 1.29 is 19.5 Å². The minimum atomic E-state index is -1.13. The average molecular weight is 256 g/mol. The molecular formula is C12H20N2O4. The van der Waals surface area contributed by atoms with Crippen LogP contribution in [0.4, 0.5) is 0 Å². The summed E-state index contributed by atoms with van der Waals surface area (Å²) < 4.78 is 0. The van der Waals surface area contributed by atoms with Crippen molar-refractivity contribution in [3.63, 3.8) is 0 Å². The van der Waals surface area contributed by atoms with Gasteiger partial charge in [-0.15, -0.1) is 0 Å². The van der Waals surface area contributed by atoms with Crippen LogP contribution in [0.15, 0.2) is 0 Å². The molecular weight excluding hydrogens is 236 g/mol. The zero-order valence-electron chi connectivity index (χ0n) is 11.2. The Morgan fingerprint density at radius 2 is 2.06 bits per heavy atom. The van der Waals surface area contributed by atoms with Gasteiger partial charge in [-0.25, -0.2) is 0 Å². The van der Waals surface area contributed by atoms with Crippen LogP contribution in [0.3, 0.4) is 0 Å². The Labute approximate surface area is 106 Å². The van der Waals surface area contributed by atoms with Gasteiger partial charge in [0.2, 0.25) is 11.8 Å². The fourth-order valence-corrected chi connectivity index (χ4v) is 1.93. The summed E-state index contributed by atoms with van der Waals surface area (Å²) in [5, 5.41) is 11.8. The van der Waals surface area contributed by atoms with E-state index < -0.39 is 16.9 Å². The molecule has 0 spiro atoms. The summed E-state index contributed by atoms with van der Waals surface area (Å²) in [4.78, 5) is 35.9. The van der Waals surface area contributed by atoms with Gasteiger partial charge in [0.15, 0.2) is 0 Å². The molecule has 2 amide bonds. The fourth-order valence-electron chi connectivity index (χ4n) is 1.93. The molecule has 0 aromatic heterocycles. The van der Waals surface area contributed by atoms with Gasteiger partial charge in [-0.05, 0) is 20.4 Å². The van der Waals surface area contributed by atoms with E-state index in [-0.39, 0.29) is 31.2 Å². The second-order valence-electron chi connectivity index (χ2n) is 5.55. The van der Waals surface area contributed by atoms with Gasteiger partial charge in [0.1, 0.15) is 5.54 Å². The lowest BCUT2D eigenvalue weighted by atomic mass is 9.92. The molecule has 0 radical (unpaired) electrons. The first-order valence-corrected chi connectivity index (χ1v) is 5.91. The molecule has 1 fully saturated rings. The Kier molecular flexibility index (Phi) is 3.81. The SMILES string of the molecule is CNC(C)(CCN1C(=O)CC(C)(C)C1=O)C(=O)O. The van der Waals surface area contributed by atoms with E-state index in [2.05, 4.69) is 5.32 Å². The van der Waals surface area contributed by atoms with Crippen molar-refractivity contribution in [2.45, 2.75) is 39.2 Å². The second kappa shape index (κ2) is 4.68. The van der Waals surface area contributed by atoms with Crippen LogP contribution in [0.25, 0.3) is 0 Å². The minimum absolute atomic E-state index is 0.130. The smallest absolute Gasteiger partial charge is 0.323 e. The van der Waals surface area contributed by atoms with Gasteiger partial charge in [0.05, 0.1) is 5.41 Å². The Balaban J connectivity index is 2.73. The molecule has 1 unspecified atom stereocenters. The van der Waals surface area contributed by atoms with Crippen molar-refractivity contribution in [1.29, 1.82) is 0 Å². The van der Waals surface area contributed by atoms with E-state index in [4.69, 9.17) is 5.11 Å². The summed E-state index contributed by atoms with van der Waals surface area (Å²) in [6.45, 7) is 5.11. The fraction of sp³-hybridized carbons (Fsp3) is 0.750. The number of carboxylic acids is 1. The maximum Gasteiger partial charge on any atom is 0.323 e. The molecule has 102 valence electrons. The second-order valence-corrected chi connectivity index (χ2v) is 5.55. The minimum Gasteiger partial charge on any atom is -0.480 e. The Hall–Kier alpha value is -1.43. The normalized spacial score (nSPS) is 22.1. The molecule has 1 rings (SSSR count). The number of carbonyl (C=O) groups is 3. The summed E-state index contributed by atoms with van der Waals surface area (Å²) in [6.07, 6.45) is 0.377. The number of hydrogen-bond donors (Lipinski definition) is 2. The maximum absolute atomic E-state index is 11.9. The highest BCUT2D eigenvalue weighted by molar-refractivity contribution is 6.05. The summed E-state index contributed by atoms with van der Waals surface area (Å²) in [7, 11) is 1.55. The van der Waals surface area contributed by atoms with E-state index in [1.807, 2.05) is 0 Å². The molecule has 6 heteroatoms. The number of hydrogen-bond acceptors (Lipinski definition) is 4. The van der Waals surface area contributed by atoms with E-state index in [9.17, 15) is 14.4 Å². The van der Waals surface area contributed by atoms with Crippen molar-refractivity contribution >= 4 is 17.8 Å². The molecule has 18 heavy (non-hydrogen) atoms. The molecule has 0 aromatic rings. The Bertz CT molecular complexity index is 392. The third-order valence-corrected chi connectivity index (χ3v) is 3.58. The zero-order valence-corrected chi connectivity index (χ0v) is 11.2. The van der Waals surface area contributed by atoms with Crippen molar-refractivity contribution in [3.8, 4) is 0 Å². The number of likely N-dealkylation sites (N-methyl/N-ethyl adjacent to an activating group) is 1. The molecule has 2 N–H and O–H groups in total. The number of carboxylic acid groups (broad SMARTS) is 1. The third-order valence-electron chi connectivity index (χ3n) is 3.58.